The number of benzene rings is 4. The van der Waals surface area contributed by atoms with Gasteiger partial charge in [-0.2, -0.15) is 0 Å². The fourth-order valence-electron chi connectivity index (χ4n) is 3.75. The lowest BCUT2D eigenvalue weighted by Gasteiger charge is -2.12. The summed E-state index contributed by atoms with van der Waals surface area (Å²) in [6, 6.07) is 26.6. The summed E-state index contributed by atoms with van der Waals surface area (Å²) in [7, 11) is 0. The Labute approximate surface area is 214 Å². The summed E-state index contributed by atoms with van der Waals surface area (Å²) in [5.41, 5.74) is 2.33. The van der Waals surface area contributed by atoms with Gasteiger partial charge in [0.2, 0.25) is 0 Å². The van der Waals surface area contributed by atoms with E-state index in [1.165, 1.54) is 5.39 Å². The number of nitrogens with zero attached hydrogens (tertiary/aromatic N) is 1. The van der Waals surface area contributed by atoms with E-state index in [4.69, 9.17) is 16.3 Å². The van der Waals surface area contributed by atoms with E-state index < -0.39 is 0 Å². The number of fused-ring (bicyclic) bond motifs is 1. The van der Waals surface area contributed by atoms with E-state index in [9.17, 15) is 9.59 Å². The molecule has 0 N–H and O–H groups in total. The topological polar surface area (TPSA) is 46.6 Å². The highest BCUT2D eigenvalue weighted by atomic mass is 79.9. The largest absolute Gasteiger partial charge is 0.488 e. The molecular weight excluding hydrogens is 534 g/mol. The van der Waals surface area contributed by atoms with Gasteiger partial charge in [-0.3, -0.25) is 9.59 Å². The Morgan fingerprint density at radius 3 is 2.56 bits per heavy atom. The molecule has 1 fully saturated rings. The summed E-state index contributed by atoms with van der Waals surface area (Å²) < 4.78 is 6.83. The molecule has 0 spiro atoms. The molecule has 4 aromatic carbocycles. The second-order valence-electron chi connectivity index (χ2n) is 7.61. The molecule has 0 radical (unpaired) electrons. The zero-order valence-electron chi connectivity index (χ0n) is 17.7. The Bertz CT molecular complexity index is 1460. The quantitative estimate of drug-likeness (QED) is 0.236. The van der Waals surface area contributed by atoms with Gasteiger partial charge in [0.25, 0.3) is 11.1 Å². The lowest BCUT2D eigenvalue weighted by molar-refractivity contribution is -0.113. The van der Waals surface area contributed by atoms with Gasteiger partial charge < -0.3 is 4.74 Å². The number of ether oxygens (including phenoxy) is 1. The number of rotatable bonds is 5. The number of imide groups is 1. The third kappa shape index (κ3) is 4.62. The fourth-order valence-corrected chi connectivity index (χ4v) is 5.29. The highest BCUT2D eigenvalue weighted by Gasteiger charge is 2.36. The molecule has 0 aromatic heterocycles. The van der Waals surface area contributed by atoms with Gasteiger partial charge in [0, 0.05) is 5.02 Å². The van der Waals surface area contributed by atoms with Gasteiger partial charge in [-0.15, -0.1) is 0 Å². The molecule has 34 heavy (non-hydrogen) atoms. The van der Waals surface area contributed by atoms with Gasteiger partial charge in [-0.05, 0) is 86.0 Å². The average Bonchev–Trinajstić information content (AvgIpc) is 3.11. The van der Waals surface area contributed by atoms with Crippen LogP contribution in [0.5, 0.6) is 5.75 Å². The maximum absolute atomic E-state index is 12.9. The maximum Gasteiger partial charge on any atom is 0.298 e. The zero-order chi connectivity index (χ0) is 23.7. The molecular formula is C27H17BrClNO3S. The van der Waals surface area contributed by atoms with Crippen LogP contribution in [0.15, 0.2) is 94.3 Å². The molecule has 2 amide bonds. The lowest BCUT2D eigenvalue weighted by Crippen LogP contribution is -2.27. The summed E-state index contributed by atoms with van der Waals surface area (Å²) >= 11 is 10.5. The minimum Gasteiger partial charge on any atom is -0.488 e. The first-order chi connectivity index (χ1) is 16.5. The number of thioether (sulfide) groups is 1. The molecule has 5 rings (SSSR count). The van der Waals surface area contributed by atoms with Gasteiger partial charge >= 0.3 is 0 Å². The Balaban J connectivity index is 1.34. The SMILES string of the molecule is O=C1S/C(=C/c2ccc(OCc3cccc4ccccc34)c(Br)c2)C(=O)N1c1cccc(Cl)c1. The van der Waals surface area contributed by atoms with E-state index in [1.807, 2.05) is 36.4 Å². The van der Waals surface area contributed by atoms with Crippen molar-refractivity contribution in [2.24, 2.45) is 0 Å². The highest BCUT2D eigenvalue weighted by Crippen LogP contribution is 2.37. The minimum absolute atomic E-state index is 0.348. The number of hydrogen-bond acceptors (Lipinski definition) is 4. The summed E-state index contributed by atoms with van der Waals surface area (Å²) in [5, 5.41) is 2.44. The zero-order valence-corrected chi connectivity index (χ0v) is 20.9. The number of halogens is 2. The predicted octanol–water partition coefficient (Wildman–Crippen LogP) is 8.08. The highest BCUT2D eigenvalue weighted by molar-refractivity contribution is 9.10. The van der Waals surface area contributed by atoms with Crippen LogP contribution in [-0.4, -0.2) is 11.1 Å². The van der Waals surface area contributed by atoms with Crippen LogP contribution < -0.4 is 9.64 Å². The van der Waals surface area contributed by atoms with Crippen molar-refractivity contribution in [3.63, 3.8) is 0 Å². The van der Waals surface area contributed by atoms with Crippen LogP contribution in [0.4, 0.5) is 10.5 Å². The molecule has 0 unspecified atom stereocenters. The second kappa shape index (κ2) is 9.66. The van der Waals surface area contributed by atoms with Crippen molar-refractivity contribution in [2.45, 2.75) is 6.61 Å². The summed E-state index contributed by atoms with van der Waals surface area (Å²) in [6.07, 6.45) is 1.70. The smallest absolute Gasteiger partial charge is 0.298 e. The molecule has 0 saturated carbocycles. The van der Waals surface area contributed by atoms with Crippen molar-refractivity contribution in [1.82, 2.24) is 0 Å². The van der Waals surface area contributed by atoms with Crippen LogP contribution in [-0.2, 0) is 11.4 Å². The molecule has 1 heterocycles. The third-order valence-corrected chi connectivity index (χ3v) is 7.10. The van der Waals surface area contributed by atoms with Crippen molar-refractivity contribution in [3.05, 3.63) is 110 Å². The molecule has 0 aliphatic carbocycles. The van der Waals surface area contributed by atoms with Crippen LogP contribution in [0.25, 0.3) is 16.8 Å². The number of amides is 2. The lowest BCUT2D eigenvalue weighted by atomic mass is 10.1. The Morgan fingerprint density at radius 1 is 0.941 bits per heavy atom. The van der Waals surface area contributed by atoms with Crippen LogP contribution in [0, 0.1) is 0 Å². The van der Waals surface area contributed by atoms with E-state index in [1.54, 1.807) is 30.3 Å². The van der Waals surface area contributed by atoms with Gasteiger partial charge in [0.15, 0.2) is 0 Å². The summed E-state index contributed by atoms with van der Waals surface area (Å²) in [5.74, 6) is 0.321. The average molecular weight is 551 g/mol. The van der Waals surface area contributed by atoms with Crippen molar-refractivity contribution < 1.29 is 14.3 Å². The van der Waals surface area contributed by atoms with E-state index in [0.29, 0.717) is 28.0 Å². The predicted molar refractivity (Wildman–Crippen MR) is 142 cm³/mol. The van der Waals surface area contributed by atoms with Crippen molar-refractivity contribution in [2.75, 3.05) is 4.90 Å². The molecule has 1 saturated heterocycles. The minimum atomic E-state index is -0.371. The van der Waals surface area contributed by atoms with Gasteiger partial charge in [0.1, 0.15) is 12.4 Å². The third-order valence-electron chi connectivity index (χ3n) is 5.38. The standard InChI is InChI=1S/C27H17BrClNO3S/c28-23-13-17(14-25-26(31)30(27(32)34-25)21-9-4-8-20(29)15-21)11-12-24(23)33-16-19-7-3-6-18-5-1-2-10-22(18)19/h1-15H,16H2/b25-14+. The van der Waals surface area contributed by atoms with E-state index in [-0.39, 0.29) is 11.1 Å². The van der Waals surface area contributed by atoms with Gasteiger partial charge in [0.05, 0.1) is 15.1 Å². The molecule has 4 nitrogen and oxygen atoms in total. The molecule has 0 atom stereocenters. The van der Waals surface area contributed by atoms with Crippen LogP contribution in [0.3, 0.4) is 0 Å². The number of anilines is 1. The first-order valence-electron chi connectivity index (χ1n) is 10.4. The summed E-state index contributed by atoms with van der Waals surface area (Å²) in [6.45, 7) is 0.428. The monoisotopic (exact) mass is 549 g/mol. The van der Waals surface area contributed by atoms with E-state index in [0.717, 1.165) is 37.6 Å². The number of carbonyl (C=O) groups is 2. The van der Waals surface area contributed by atoms with E-state index >= 15 is 0 Å². The van der Waals surface area contributed by atoms with Crippen molar-refractivity contribution in [3.8, 4) is 5.75 Å². The first-order valence-corrected chi connectivity index (χ1v) is 12.4. The molecule has 168 valence electrons. The first kappa shape index (κ1) is 22.7. The molecule has 4 aromatic rings. The maximum atomic E-state index is 12.9. The van der Waals surface area contributed by atoms with Crippen LogP contribution >= 0.6 is 39.3 Å². The Kier molecular flexibility index (Phi) is 6.46. The summed E-state index contributed by atoms with van der Waals surface area (Å²) in [4.78, 5) is 26.9. The Hall–Kier alpha value is -3.06. The normalized spacial score (nSPS) is 14.9. The molecule has 7 heteroatoms. The van der Waals surface area contributed by atoms with Gasteiger partial charge in [-0.1, -0.05) is 66.2 Å². The Morgan fingerprint density at radius 2 is 1.74 bits per heavy atom. The second-order valence-corrected chi connectivity index (χ2v) is 9.90. The fraction of sp³-hybridized carbons (Fsp3) is 0.0370. The number of carbonyl (C=O) groups excluding carboxylic acids is 2. The van der Waals surface area contributed by atoms with Crippen molar-refractivity contribution >= 4 is 73.0 Å². The number of hydrogen-bond donors (Lipinski definition) is 0. The molecule has 0 bridgehead atoms. The molecule has 1 aliphatic heterocycles. The van der Waals surface area contributed by atoms with Crippen molar-refractivity contribution in [1.29, 1.82) is 0 Å². The molecule has 1 aliphatic rings. The van der Waals surface area contributed by atoms with Crippen LogP contribution in [0.1, 0.15) is 11.1 Å². The van der Waals surface area contributed by atoms with E-state index in [2.05, 4.69) is 40.2 Å². The van der Waals surface area contributed by atoms with Crippen LogP contribution in [0.2, 0.25) is 5.02 Å². The van der Waals surface area contributed by atoms with Gasteiger partial charge in [-0.25, -0.2) is 4.90 Å².